The van der Waals surface area contributed by atoms with Gasteiger partial charge >= 0.3 is 0 Å². The van der Waals surface area contributed by atoms with Crippen molar-refractivity contribution in [1.82, 2.24) is 10.2 Å². The minimum Gasteiger partial charge on any atom is -0.505 e. The largest absolute Gasteiger partial charge is 0.505 e. The molecule has 1 aliphatic heterocycles. The minimum absolute atomic E-state index is 0. The Hall–Kier alpha value is -0.260. The highest BCUT2D eigenvalue weighted by atomic mass is 35.5. The van der Waals surface area contributed by atoms with Gasteiger partial charge in [0.15, 0.2) is 11.6 Å². The van der Waals surface area contributed by atoms with Crippen LogP contribution in [-0.4, -0.2) is 36.2 Å². The van der Waals surface area contributed by atoms with Crippen molar-refractivity contribution in [3.05, 3.63) is 28.5 Å². The van der Waals surface area contributed by atoms with Crippen molar-refractivity contribution in [2.45, 2.75) is 25.3 Å². The normalized spacial score (nSPS) is 19.9. The molecule has 1 aliphatic carbocycles. The quantitative estimate of drug-likeness (QED) is 0.845. The maximum absolute atomic E-state index is 13.8. The average molecular weight is 372 g/mol. The third-order valence-electron chi connectivity index (χ3n) is 4.26. The van der Waals surface area contributed by atoms with Crippen molar-refractivity contribution in [2.24, 2.45) is 5.92 Å². The molecule has 0 aromatic heterocycles. The molecule has 0 unspecified atom stereocenters. The molecule has 1 saturated heterocycles. The molecule has 1 atom stereocenters. The Morgan fingerprint density at radius 1 is 1.27 bits per heavy atom. The minimum atomic E-state index is -0.622. The summed E-state index contributed by atoms with van der Waals surface area (Å²) in [6.07, 6.45) is 3.46. The zero-order chi connectivity index (χ0) is 14.1. The highest BCUT2D eigenvalue weighted by molar-refractivity contribution is 6.30. The first kappa shape index (κ1) is 19.8. The van der Waals surface area contributed by atoms with Crippen molar-refractivity contribution in [3.63, 3.8) is 0 Å². The first-order chi connectivity index (χ1) is 9.65. The van der Waals surface area contributed by atoms with E-state index in [0.717, 1.165) is 32.6 Å². The van der Waals surface area contributed by atoms with E-state index in [0.29, 0.717) is 16.5 Å². The molecule has 22 heavy (non-hydrogen) atoms. The van der Waals surface area contributed by atoms with Gasteiger partial charge in [-0.3, -0.25) is 4.90 Å². The lowest BCUT2D eigenvalue weighted by molar-refractivity contribution is 0.157. The van der Waals surface area contributed by atoms with E-state index in [4.69, 9.17) is 11.6 Å². The first-order valence-corrected chi connectivity index (χ1v) is 7.65. The number of phenols is 1. The van der Waals surface area contributed by atoms with Crippen LogP contribution in [0.4, 0.5) is 4.39 Å². The fraction of sp³-hybridized carbons (Fsp3) is 0.600. The molecule has 1 saturated carbocycles. The van der Waals surface area contributed by atoms with Crippen LogP contribution in [-0.2, 0) is 0 Å². The lowest BCUT2D eigenvalue weighted by Gasteiger charge is -2.35. The van der Waals surface area contributed by atoms with Gasteiger partial charge in [0.05, 0.1) is 0 Å². The molecule has 3 nitrogen and oxygen atoms in total. The average Bonchev–Trinajstić information content (AvgIpc) is 3.25. The van der Waals surface area contributed by atoms with E-state index < -0.39 is 5.82 Å². The molecular weight excluding hydrogens is 350 g/mol. The summed E-state index contributed by atoms with van der Waals surface area (Å²) in [5.74, 6) is -0.154. The van der Waals surface area contributed by atoms with Gasteiger partial charge in [-0.1, -0.05) is 24.4 Å². The standard InChI is InChI=1S/C15H20ClFN2O.2ClH/c16-11-8-12(15(20)13(17)9-11)14(7-10-1-2-10)19-5-3-18-4-6-19;;/h8-10,14,18,20H,1-7H2;2*1H/t14-;;/m1../s1. The SMILES string of the molecule is Cl.Cl.Oc1c(F)cc(Cl)cc1[C@@H](CC1CC1)N1CCNCC1. The Kier molecular flexibility index (Phi) is 7.69. The number of aromatic hydroxyl groups is 1. The molecule has 0 amide bonds. The Morgan fingerprint density at radius 3 is 2.50 bits per heavy atom. The lowest BCUT2D eigenvalue weighted by atomic mass is 9.97. The van der Waals surface area contributed by atoms with Gasteiger partial charge in [0, 0.05) is 42.8 Å². The number of halogens is 4. The van der Waals surface area contributed by atoms with E-state index in [-0.39, 0.29) is 36.6 Å². The molecule has 2 aliphatic rings. The number of hydrogen-bond acceptors (Lipinski definition) is 3. The van der Waals surface area contributed by atoms with E-state index >= 15 is 0 Å². The van der Waals surface area contributed by atoms with Crippen molar-refractivity contribution in [3.8, 4) is 5.75 Å². The number of phenolic OH excluding ortho intramolecular Hbond substituents is 1. The molecule has 126 valence electrons. The van der Waals surface area contributed by atoms with Gasteiger partial charge < -0.3 is 10.4 Å². The maximum atomic E-state index is 13.8. The zero-order valence-corrected chi connectivity index (χ0v) is 14.6. The van der Waals surface area contributed by atoms with Crippen molar-refractivity contribution >= 4 is 36.4 Å². The van der Waals surface area contributed by atoms with Crippen LogP contribution in [0.5, 0.6) is 5.75 Å². The molecule has 1 aromatic rings. The third kappa shape index (κ3) is 4.62. The lowest BCUT2D eigenvalue weighted by Crippen LogP contribution is -2.45. The van der Waals surface area contributed by atoms with Crippen LogP contribution in [0, 0.1) is 11.7 Å². The maximum Gasteiger partial charge on any atom is 0.166 e. The molecule has 7 heteroatoms. The highest BCUT2D eigenvalue weighted by Crippen LogP contribution is 2.43. The summed E-state index contributed by atoms with van der Waals surface area (Å²) < 4.78 is 13.8. The third-order valence-corrected chi connectivity index (χ3v) is 4.48. The fourth-order valence-electron chi connectivity index (χ4n) is 2.98. The second-order valence-electron chi connectivity index (χ2n) is 5.81. The van der Waals surface area contributed by atoms with Gasteiger partial charge in [-0.05, 0) is 24.5 Å². The van der Waals surface area contributed by atoms with Crippen molar-refractivity contribution in [1.29, 1.82) is 0 Å². The second kappa shape index (κ2) is 8.55. The molecule has 2 fully saturated rings. The topological polar surface area (TPSA) is 35.5 Å². The number of hydrogen-bond donors (Lipinski definition) is 2. The van der Waals surface area contributed by atoms with Gasteiger partial charge in [0.25, 0.3) is 0 Å². The Morgan fingerprint density at radius 2 is 1.91 bits per heavy atom. The Balaban J connectivity index is 0.00000121. The smallest absolute Gasteiger partial charge is 0.166 e. The summed E-state index contributed by atoms with van der Waals surface area (Å²) >= 11 is 5.98. The van der Waals surface area contributed by atoms with Gasteiger partial charge in [-0.2, -0.15) is 0 Å². The Labute approximate surface area is 148 Å². The van der Waals surface area contributed by atoms with E-state index in [9.17, 15) is 9.50 Å². The summed E-state index contributed by atoms with van der Waals surface area (Å²) in [6.45, 7) is 3.71. The van der Waals surface area contributed by atoms with Gasteiger partial charge in [0.2, 0.25) is 0 Å². The van der Waals surface area contributed by atoms with Crippen LogP contribution in [0.1, 0.15) is 30.9 Å². The molecule has 3 rings (SSSR count). The van der Waals surface area contributed by atoms with Gasteiger partial charge in [-0.15, -0.1) is 24.8 Å². The zero-order valence-electron chi connectivity index (χ0n) is 12.2. The number of nitrogens with zero attached hydrogens (tertiary/aromatic N) is 1. The molecule has 0 bridgehead atoms. The van der Waals surface area contributed by atoms with Crippen LogP contribution in [0.3, 0.4) is 0 Å². The molecule has 2 N–H and O–H groups in total. The molecule has 0 radical (unpaired) electrons. The van der Waals surface area contributed by atoms with Crippen LogP contribution in [0.2, 0.25) is 5.02 Å². The number of nitrogens with one attached hydrogen (secondary N) is 1. The fourth-order valence-corrected chi connectivity index (χ4v) is 3.19. The number of rotatable bonds is 4. The van der Waals surface area contributed by atoms with Crippen LogP contribution >= 0.6 is 36.4 Å². The number of piperazine rings is 1. The van der Waals surface area contributed by atoms with Crippen molar-refractivity contribution < 1.29 is 9.50 Å². The molecule has 1 heterocycles. The van der Waals surface area contributed by atoms with E-state index in [2.05, 4.69) is 10.2 Å². The summed E-state index contributed by atoms with van der Waals surface area (Å²) in [5.41, 5.74) is 0.642. The van der Waals surface area contributed by atoms with Crippen LogP contribution in [0.25, 0.3) is 0 Å². The highest BCUT2D eigenvalue weighted by Gasteiger charge is 2.32. The first-order valence-electron chi connectivity index (χ1n) is 7.28. The molecule has 0 spiro atoms. The van der Waals surface area contributed by atoms with E-state index in [1.165, 1.54) is 18.9 Å². The second-order valence-corrected chi connectivity index (χ2v) is 6.24. The van der Waals surface area contributed by atoms with Gasteiger partial charge in [0.1, 0.15) is 0 Å². The predicted molar refractivity (Wildman–Crippen MR) is 92.1 cm³/mol. The Bertz CT molecular complexity index is 494. The predicted octanol–water partition coefficient (Wildman–Crippen LogP) is 3.77. The van der Waals surface area contributed by atoms with E-state index in [1.807, 2.05) is 0 Å². The summed E-state index contributed by atoms with van der Waals surface area (Å²) in [5, 5.41) is 13.8. The summed E-state index contributed by atoms with van der Waals surface area (Å²) in [6, 6.07) is 2.96. The summed E-state index contributed by atoms with van der Waals surface area (Å²) in [4.78, 5) is 2.33. The summed E-state index contributed by atoms with van der Waals surface area (Å²) in [7, 11) is 0. The molecular formula is C15H22Cl3FN2O. The van der Waals surface area contributed by atoms with Crippen molar-refractivity contribution in [2.75, 3.05) is 26.2 Å². The monoisotopic (exact) mass is 370 g/mol. The molecule has 1 aromatic carbocycles. The number of benzene rings is 1. The van der Waals surface area contributed by atoms with E-state index in [1.54, 1.807) is 6.07 Å². The van der Waals surface area contributed by atoms with Gasteiger partial charge in [-0.25, -0.2) is 4.39 Å². The van der Waals surface area contributed by atoms with Crippen LogP contribution < -0.4 is 5.32 Å². The van der Waals surface area contributed by atoms with Crippen LogP contribution in [0.15, 0.2) is 12.1 Å².